The first-order valence-corrected chi connectivity index (χ1v) is 7.96. The van der Waals surface area contributed by atoms with Crippen molar-refractivity contribution in [1.29, 1.82) is 0 Å². The Balaban J connectivity index is 1.67. The van der Waals surface area contributed by atoms with Gasteiger partial charge in [-0.15, -0.1) is 0 Å². The maximum Gasteiger partial charge on any atom is 0.322 e. The molecule has 7 heteroatoms. The predicted molar refractivity (Wildman–Crippen MR) is 80.1 cm³/mol. The second-order valence-corrected chi connectivity index (χ2v) is 6.26. The van der Waals surface area contributed by atoms with Crippen LogP contribution in [-0.2, 0) is 14.3 Å². The topological polar surface area (TPSA) is 87.7 Å². The largest absolute Gasteiger partial charge is 0.379 e. The molecule has 22 heavy (non-hydrogen) atoms. The molecular formula is C15H25N3O4. The number of carbonyl (C=O) groups excluding carboxylic acids is 3. The summed E-state index contributed by atoms with van der Waals surface area (Å²) in [4.78, 5) is 36.4. The van der Waals surface area contributed by atoms with E-state index in [1.807, 2.05) is 18.7 Å². The van der Waals surface area contributed by atoms with E-state index in [2.05, 4.69) is 10.6 Å². The first-order valence-electron chi connectivity index (χ1n) is 7.96. The maximum absolute atomic E-state index is 12.2. The Morgan fingerprint density at radius 2 is 2.00 bits per heavy atom. The van der Waals surface area contributed by atoms with Crippen LogP contribution in [0.25, 0.3) is 0 Å². The van der Waals surface area contributed by atoms with Crippen molar-refractivity contribution in [2.24, 2.45) is 5.92 Å². The van der Waals surface area contributed by atoms with Gasteiger partial charge in [-0.3, -0.25) is 14.9 Å². The number of imide groups is 1. The molecule has 0 aromatic heterocycles. The van der Waals surface area contributed by atoms with Gasteiger partial charge in [-0.1, -0.05) is 0 Å². The highest BCUT2D eigenvalue weighted by Gasteiger charge is 2.30. The number of likely N-dealkylation sites (tertiary alicyclic amines) is 1. The number of hydrogen-bond acceptors (Lipinski definition) is 4. The van der Waals surface area contributed by atoms with Gasteiger partial charge in [-0.25, -0.2) is 4.79 Å². The zero-order chi connectivity index (χ0) is 16.1. The number of piperidine rings is 1. The number of carbonyl (C=O) groups is 3. The molecule has 2 rings (SSSR count). The highest BCUT2D eigenvalue weighted by Crippen LogP contribution is 2.19. The van der Waals surface area contributed by atoms with Gasteiger partial charge in [0.05, 0.1) is 6.10 Å². The average Bonchev–Trinajstić information content (AvgIpc) is 2.81. The summed E-state index contributed by atoms with van der Waals surface area (Å²) in [5.41, 5.74) is 0. The summed E-state index contributed by atoms with van der Waals surface area (Å²) in [6, 6.07) is -1.05. The molecule has 0 aromatic rings. The molecule has 0 aliphatic carbocycles. The molecule has 0 aromatic carbocycles. The highest BCUT2D eigenvalue weighted by molar-refractivity contribution is 6.04. The molecule has 0 radical (unpaired) electrons. The van der Waals surface area contributed by atoms with Crippen LogP contribution in [0, 0.1) is 5.92 Å². The number of nitrogens with zero attached hydrogens (tertiary/aromatic N) is 1. The Hall–Kier alpha value is -1.63. The van der Waals surface area contributed by atoms with E-state index >= 15 is 0 Å². The van der Waals surface area contributed by atoms with Crippen molar-refractivity contribution in [3.63, 3.8) is 0 Å². The van der Waals surface area contributed by atoms with Crippen molar-refractivity contribution >= 4 is 17.8 Å². The number of ether oxygens (including phenoxy) is 1. The van der Waals surface area contributed by atoms with Crippen LogP contribution in [0.3, 0.4) is 0 Å². The van der Waals surface area contributed by atoms with Gasteiger partial charge in [0, 0.05) is 26.1 Å². The van der Waals surface area contributed by atoms with E-state index in [1.165, 1.54) is 0 Å². The Morgan fingerprint density at radius 3 is 2.55 bits per heavy atom. The van der Waals surface area contributed by atoms with Crippen molar-refractivity contribution in [2.75, 3.05) is 19.7 Å². The van der Waals surface area contributed by atoms with E-state index < -0.39 is 12.1 Å². The lowest BCUT2D eigenvalue weighted by molar-refractivity contribution is -0.133. The number of urea groups is 1. The molecule has 7 nitrogen and oxygen atoms in total. The Bertz CT molecular complexity index is 431. The minimum atomic E-state index is -0.576. The monoisotopic (exact) mass is 311 g/mol. The number of amides is 4. The number of rotatable bonds is 6. The van der Waals surface area contributed by atoms with Crippen LogP contribution in [0.4, 0.5) is 4.79 Å². The molecule has 2 fully saturated rings. The smallest absolute Gasteiger partial charge is 0.322 e. The van der Waals surface area contributed by atoms with Gasteiger partial charge < -0.3 is 15.0 Å². The standard InChI is InChI=1S/C15H25N3O4/c1-10(2)22-9-11-5-7-18(8-6-11)13(19)4-3-12-14(20)17-15(21)16-12/h10-12H,3-9H2,1-2H3,(H2,16,17,20,21)/t12-/m0/s1. The fourth-order valence-electron chi connectivity index (χ4n) is 2.77. The summed E-state index contributed by atoms with van der Waals surface area (Å²) < 4.78 is 5.63. The third-order valence-electron chi connectivity index (χ3n) is 4.14. The molecule has 2 aliphatic heterocycles. The lowest BCUT2D eigenvalue weighted by Crippen LogP contribution is -2.40. The first-order chi connectivity index (χ1) is 10.5. The van der Waals surface area contributed by atoms with E-state index in [4.69, 9.17) is 4.74 Å². The van der Waals surface area contributed by atoms with Crippen LogP contribution >= 0.6 is 0 Å². The van der Waals surface area contributed by atoms with Crippen LogP contribution in [0.5, 0.6) is 0 Å². The van der Waals surface area contributed by atoms with Crippen molar-refractivity contribution < 1.29 is 19.1 Å². The van der Waals surface area contributed by atoms with Crippen molar-refractivity contribution in [3.05, 3.63) is 0 Å². The Kier molecular flexibility index (Phi) is 5.76. The molecular weight excluding hydrogens is 286 g/mol. The molecule has 2 heterocycles. The summed E-state index contributed by atoms with van der Waals surface area (Å²) in [6.45, 7) is 6.30. The predicted octanol–water partition coefficient (Wildman–Crippen LogP) is 0.638. The zero-order valence-corrected chi connectivity index (χ0v) is 13.3. The van der Waals surface area contributed by atoms with Gasteiger partial charge in [0.2, 0.25) is 5.91 Å². The lowest BCUT2D eigenvalue weighted by atomic mass is 9.97. The third-order valence-corrected chi connectivity index (χ3v) is 4.14. The molecule has 0 bridgehead atoms. The second kappa shape index (κ2) is 7.58. The van der Waals surface area contributed by atoms with Gasteiger partial charge in [0.1, 0.15) is 6.04 Å². The zero-order valence-electron chi connectivity index (χ0n) is 13.3. The van der Waals surface area contributed by atoms with E-state index in [0.29, 0.717) is 12.3 Å². The fraction of sp³-hybridized carbons (Fsp3) is 0.800. The lowest BCUT2D eigenvalue weighted by Gasteiger charge is -2.32. The highest BCUT2D eigenvalue weighted by atomic mass is 16.5. The Morgan fingerprint density at radius 1 is 1.32 bits per heavy atom. The Labute approximate surface area is 130 Å². The van der Waals surface area contributed by atoms with E-state index in [9.17, 15) is 14.4 Å². The number of hydrogen-bond donors (Lipinski definition) is 2. The van der Waals surface area contributed by atoms with Crippen molar-refractivity contribution in [1.82, 2.24) is 15.5 Å². The molecule has 2 N–H and O–H groups in total. The van der Waals surface area contributed by atoms with Gasteiger partial charge >= 0.3 is 6.03 Å². The van der Waals surface area contributed by atoms with Crippen molar-refractivity contribution in [3.8, 4) is 0 Å². The van der Waals surface area contributed by atoms with Crippen LogP contribution in [0.1, 0.15) is 39.5 Å². The normalized spacial score (nSPS) is 22.9. The fourth-order valence-corrected chi connectivity index (χ4v) is 2.77. The summed E-state index contributed by atoms with van der Waals surface area (Å²) in [7, 11) is 0. The van der Waals surface area contributed by atoms with Crippen molar-refractivity contribution in [2.45, 2.75) is 51.7 Å². The average molecular weight is 311 g/mol. The van der Waals surface area contributed by atoms with Crippen LogP contribution in [-0.4, -0.2) is 54.6 Å². The first kappa shape index (κ1) is 16.7. The quantitative estimate of drug-likeness (QED) is 0.705. The molecule has 2 saturated heterocycles. The van der Waals surface area contributed by atoms with Gasteiger partial charge in [-0.05, 0) is 39.0 Å². The number of nitrogens with one attached hydrogen (secondary N) is 2. The summed E-state index contributed by atoms with van der Waals surface area (Å²) >= 11 is 0. The van der Waals surface area contributed by atoms with Crippen LogP contribution in [0.2, 0.25) is 0 Å². The maximum atomic E-state index is 12.2. The second-order valence-electron chi connectivity index (χ2n) is 6.26. The summed E-state index contributed by atoms with van der Waals surface area (Å²) in [5, 5.41) is 4.68. The molecule has 0 saturated carbocycles. The van der Waals surface area contributed by atoms with Gasteiger partial charge in [-0.2, -0.15) is 0 Å². The summed E-state index contributed by atoms with van der Waals surface area (Å²) in [5.74, 6) is 0.228. The molecule has 4 amide bonds. The summed E-state index contributed by atoms with van der Waals surface area (Å²) in [6.07, 6.45) is 2.80. The molecule has 0 spiro atoms. The molecule has 124 valence electrons. The molecule has 0 unspecified atom stereocenters. The molecule has 2 aliphatic rings. The molecule has 1 atom stereocenters. The van der Waals surface area contributed by atoms with Crippen LogP contribution < -0.4 is 10.6 Å². The van der Waals surface area contributed by atoms with Gasteiger partial charge in [0.15, 0.2) is 0 Å². The van der Waals surface area contributed by atoms with E-state index in [1.54, 1.807) is 0 Å². The van der Waals surface area contributed by atoms with E-state index in [0.717, 1.165) is 32.5 Å². The third kappa shape index (κ3) is 4.69. The minimum absolute atomic E-state index is 0.0529. The van der Waals surface area contributed by atoms with Crippen LogP contribution in [0.15, 0.2) is 0 Å². The minimum Gasteiger partial charge on any atom is -0.379 e. The SMILES string of the molecule is CC(C)OCC1CCN(C(=O)CC[C@@H]2NC(=O)NC2=O)CC1. The van der Waals surface area contributed by atoms with E-state index in [-0.39, 0.29) is 24.3 Å². The van der Waals surface area contributed by atoms with Gasteiger partial charge in [0.25, 0.3) is 5.91 Å².